The highest BCUT2D eigenvalue weighted by molar-refractivity contribution is 14.1. The van der Waals surface area contributed by atoms with Crippen LogP contribution < -0.4 is 14.8 Å². The van der Waals surface area contributed by atoms with Crippen LogP contribution in [0.5, 0.6) is 11.5 Å². The molecule has 1 N–H and O–H groups in total. The molecule has 0 aliphatic heterocycles. The molecule has 0 saturated carbocycles. The third kappa shape index (κ3) is 3.24. The summed E-state index contributed by atoms with van der Waals surface area (Å²) in [6, 6.07) is 14.6. The summed E-state index contributed by atoms with van der Waals surface area (Å²) in [4.78, 5) is 0. The van der Waals surface area contributed by atoms with Crippen LogP contribution in [0.4, 0.5) is 0 Å². The van der Waals surface area contributed by atoms with Gasteiger partial charge in [-0.1, -0.05) is 18.2 Å². The topological polar surface area (TPSA) is 30.5 Å². The molecule has 0 spiro atoms. The highest BCUT2D eigenvalue weighted by atomic mass is 127. The van der Waals surface area contributed by atoms with E-state index in [-0.39, 0.29) is 6.04 Å². The number of benzene rings is 2. The van der Waals surface area contributed by atoms with Gasteiger partial charge in [-0.25, -0.2) is 0 Å². The fraction of sp³-hybridized carbons (Fsp3) is 0.250. The van der Waals surface area contributed by atoms with Crippen molar-refractivity contribution in [3.63, 3.8) is 0 Å². The smallest absolute Gasteiger partial charge is 0.161 e. The van der Waals surface area contributed by atoms with Crippen LogP contribution in [0.25, 0.3) is 0 Å². The summed E-state index contributed by atoms with van der Waals surface area (Å²) in [7, 11) is 5.26. The lowest BCUT2D eigenvalue weighted by Crippen LogP contribution is -2.17. The molecular formula is C16H18INO2. The standard InChI is InChI=1S/C16H18INO2/c1-18-16(11-4-7-13(17)8-5-11)12-6-9-14(19-2)15(10-12)20-3/h4-10,16,18H,1-3H3. The molecule has 2 aromatic rings. The Morgan fingerprint density at radius 2 is 1.50 bits per heavy atom. The van der Waals surface area contributed by atoms with Crippen LogP contribution in [0, 0.1) is 3.57 Å². The zero-order valence-electron chi connectivity index (χ0n) is 11.8. The molecule has 0 amide bonds. The van der Waals surface area contributed by atoms with Gasteiger partial charge in [0.15, 0.2) is 11.5 Å². The second-order valence-corrected chi connectivity index (χ2v) is 5.63. The molecule has 0 heterocycles. The molecule has 2 rings (SSSR count). The first kappa shape index (κ1) is 15.1. The maximum atomic E-state index is 5.37. The summed E-state index contributed by atoms with van der Waals surface area (Å²) in [6.07, 6.45) is 0. The van der Waals surface area contributed by atoms with Gasteiger partial charge in [-0.15, -0.1) is 0 Å². The lowest BCUT2D eigenvalue weighted by atomic mass is 9.98. The van der Waals surface area contributed by atoms with Gasteiger partial charge in [-0.3, -0.25) is 0 Å². The average Bonchev–Trinajstić information content (AvgIpc) is 2.49. The van der Waals surface area contributed by atoms with E-state index in [0.717, 1.165) is 17.1 Å². The summed E-state index contributed by atoms with van der Waals surface area (Å²) in [6.45, 7) is 0. The molecule has 2 aromatic carbocycles. The van der Waals surface area contributed by atoms with Crippen molar-refractivity contribution in [3.05, 3.63) is 57.2 Å². The van der Waals surface area contributed by atoms with Crippen LogP contribution in [0.3, 0.4) is 0 Å². The second-order valence-electron chi connectivity index (χ2n) is 4.39. The van der Waals surface area contributed by atoms with E-state index in [4.69, 9.17) is 9.47 Å². The Morgan fingerprint density at radius 1 is 0.900 bits per heavy atom. The summed E-state index contributed by atoms with van der Waals surface area (Å²) in [5, 5.41) is 3.34. The molecule has 0 radical (unpaired) electrons. The van der Waals surface area contributed by atoms with E-state index in [1.807, 2.05) is 19.2 Å². The lowest BCUT2D eigenvalue weighted by molar-refractivity contribution is 0.354. The van der Waals surface area contributed by atoms with Crippen molar-refractivity contribution in [1.82, 2.24) is 5.32 Å². The third-order valence-electron chi connectivity index (χ3n) is 3.23. The number of halogens is 1. The summed E-state index contributed by atoms with van der Waals surface area (Å²) in [5.41, 5.74) is 2.37. The minimum absolute atomic E-state index is 0.131. The summed E-state index contributed by atoms with van der Waals surface area (Å²) in [5.74, 6) is 1.49. The molecule has 1 unspecified atom stereocenters. The van der Waals surface area contributed by atoms with Crippen LogP contribution in [0.1, 0.15) is 17.2 Å². The van der Waals surface area contributed by atoms with E-state index < -0.39 is 0 Å². The molecule has 0 aromatic heterocycles. The molecule has 4 heteroatoms. The van der Waals surface area contributed by atoms with Gasteiger partial charge in [0.2, 0.25) is 0 Å². The number of nitrogens with one attached hydrogen (secondary N) is 1. The Morgan fingerprint density at radius 3 is 2.05 bits per heavy atom. The molecule has 0 aliphatic rings. The lowest BCUT2D eigenvalue weighted by Gasteiger charge is -2.19. The molecule has 0 fully saturated rings. The average molecular weight is 383 g/mol. The first-order valence-corrected chi connectivity index (χ1v) is 7.42. The van der Waals surface area contributed by atoms with E-state index >= 15 is 0 Å². The van der Waals surface area contributed by atoms with E-state index in [2.05, 4.69) is 58.2 Å². The third-order valence-corrected chi connectivity index (χ3v) is 3.95. The molecule has 0 bridgehead atoms. The molecule has 0 saturated heterocycles. The van der Waals surface area contributed by atoms with E-state index in [1.54, 1.807) is 14.2 Å². The number of hydrogen-bond donors (Lipinski definition) is 1. The number of methoxy groups -OCH3 is 2. The van der Waals surface area contributed by atoms with Crippen molar-refractivity contribution >= 4 is 22.6 Å². The first-order valence-electron chi connectivity index (χ1n) is 6.34. The normalized spacial score (nSPS) is 12.0. The Labute approximate surface area is 133 Å². The molecule has 3 nitrogen and oxygen atoms in total. The van der Waals surface area contributed by atoms with Crippen LogP contribution >= 0.6 is 22.6 Å². The predicted octanol–water partition coefficient (Wildman–Crippen LogP) is 3.62. The van der Waals surface area contributed by atoms with Gasteiger partial charge in [-0.2, -0.15) is 0 Å². The Kier molecular flexibility index (Phi) is 5.25. The number of ether oxygens (including phenoxy) is 2. The molecule has 20 heavy (non-hydrogen) atoms. The summed E-state index contributed by atoms with van der Waals surface area (Å²) < 4.78 is 11.9. The minimum atomic E-state index is 0.131. The second kappa shape index (κ2) is 6.95. The van der Waals surface area contributed by atoms with Gasteiger partial charge < -0.3 is 14.8 Å². The predicted molar refractivity (Wildman–Crippen MR) is 89.6 cm³/mol. The van der Waals surface area contributed by atoms with Gasteiger partial charge in [-0.05, 0) is 65.0 Å². The van der Waals surface area contributed by atoms with Crippen molar-refractivity contribution in [2.45, 2.75) is 6.04 Å². The van der Waals surface area contributed by atoms with E-state index in [0.29, 0.717) is 0 Å². The zero-order chi connectivity index (χ0) is 14.5. The van der Waals surface area contributed by atoms with Gasteiger partial charge >= 0.3 is 0 Å². The molecule has 0 aliphatic carbocycles. The Hall–Kier alpha value is -1.27. The van der Waals surface area contributed by atoms with Crippen LogP contribution in [0.15, 0.2) is 42.5 Å². The van der Waals surface area contributed by atoms with Gasteiger partial charge in [0.05, 0.1) is 20.3 Å². The fourth-order valence-corrected chi connectivity index (χ4v) is 2.57. The SMILES string of the molecule is CNC(c1ccc(I)cc1)c1ccc(OC)c(OC)c1. The number of rotatable bonds is 5. The Balaban J connectivity index is 2.39. The van der Waals surface area contributed by atoms with E-state index in [9.17, 15) is 0 Å². The highest BCUT2D eigenvalue weighted by Crippen LogP contribution is 2.32. The van der Waals surface area contributed by atoms with Crippen molar-refractivity contribution in [2.24, 2.45) is 0 Å². The molecule has 1 atom stereocenters. The van der Waals surface area contributed by atoms with Crippen molar-refractivity contribution in [3.8, 4) is 11.5 Å². The van der Waals surface area contributed by atoms with Crippen LogP contribution in [0.2, 0.25) is 0 Å². The van der Waals surface area contributed by atoms with Crippen molar-refractivity contribution in [1.29, 1.82) is 0 Å². The van der Waals surface area contributed by atoms with Gasteiger partial charge in [0, 0.05) is 3.57 Å². The zero-order valence-corrected chi connectivity index (χ0v) is 14.0. The first-order chi connectivity index (χ1) is 9.69. The largest absolute Gasteiger partial charge is 0.493 e. The quantitative estimate of drug-likeness (QED) is 0.801. The monoisotopic (exact) mass is 383 g/mol. The van der Waals surface area contributed by atoms with Crippen LogP contribution in [-0.2, 0) is 0 Å². The number of hydrogen-bond acceptors (Lipinski definition) is 3. The minimum Gasteiger partial charge on any atom is -0.493 e. The maximum Gasteiger partial charge on any atom is 0.161 e. The highest BCUT2D eigenvalue weighted by Gasteiger charge is 2.14. The van der Waals surface area contributed by atoms with Gasteiger partial charge in [0.25, 0.3) is 0 Å². The molecular weight excluding hydrogens is 365 g/mol. The maximum absolute atomic E-state index is 5.37. The Bertz CT molecular complexity index is 569. The van der Waals surface area contributed by atoms with Crippen molar-refractivity contribution < 1.29 is 9.47 Å². The van der Waals surface area contributed by atoms with Crippen LogP contribution in [-0.4, -0.2) is 21.3 Å². The van der Waals surface area contributed by atoms with E-state index in [1.165, 1.54) is 9.13 Å². The van der Waals surface area contributed by atoms with Crippen molar-refractivity contribution in [2.75, 3.05) is 21.3 Å². The fourth-order valence-electron chi connectivity index (χ4n) is 2.21. The van der Waals surface area contributed by atoms with Gasteiger partial charge in [0.1, 0.15) is 0 Å². The molecule has 106 valence electrons. The summed E-state index contributed by atoms with van der Waals surface area (Å²) >= 11 is 2.31.